The quantitative estimate of drug-likeness (QED) is 0.270. The van der Waals surface area contributed by atoms with E-state index in [1.54, 1.807) is 23.4 Å². The normalized spacial score (nSPS) is 19.1. The fourth-order valence-electron chi connectivity index (χ4n) is 5.40. The Bertz CT molecular complexity index is 1700. The SMILES string of the molecule is CC(C)(C)OC(=O)N1C[C@](C)(CO[Si](C)(C)C(C)(C)C)c2cc(-c3ccnc(Nc4cnn5c4OC(C)(C)CC5)n3)cc(C#N)c21. The second kappa shape index (κ2) is 11.4. The Kier molecular flexibility index (Phi) is 8.27. The standard InChI is InChI=1S/C34H47N7O4Si/c1-31(2,3)45-30(42)40-20-34(9,21-43-46(10,11)32(4,5)6)24-17-22(16-23(18-35)27(24)40)25-12-14-36-29(38-25)39-26-19-37-41-15-13-33(7,8)44-28(26)41/h12,14,16-17,19H,13,15,20-21H2,1-11H3,(H,36,38,39)/t34-/m1/s1. The number of fused-ring (bicyclic) bond motifs is 2. The van der Waals surface area contributed by atoms with Crippen molar-refractivity contribution >= 4 is 31.7 Å². The molecule has 1 aromatic carbocycles. The molecule has 2 aliphatic heterocycles. The molecule has 4 heterocycles. The molecule has 46 heavy (non-hydrogen) atoms. The Morgan fingerprint density at radius 2 is 1.89 bits per heavy atom. The van der Waals surface area contributed by atoms with Crippen molar-refractivity contribution in [3.8, 4) is 23.2 Å². The first-order valence-corrected chi connectivity index (χ1v) is 18.7. The minimum atomic E-state index is -2.13. The van der Waals surface area contributed by atoms with Crippen molar-refractivity contribution in [3.05, 3.63) is 41.7 Å². The zero-order valence-electron chi connectivity index (χ0n) is 29.0. The number of ether oxygens (including phenoxy) is 2. The summed E-state index contributed by atoms with van der Waals surface area (Å²) in [5, 5.41) is 18.1. The van der Waals surface area contributed by atoms with Gasteiger partial charge in [0.1, 0.15) is 23.0 Å². The third kappa shape index (κ3) is 6.62. The van der Waals surface area contributed by atoms with Gasteiger partial charge in [0.2, 0.25) is 11.8 Å². The predicted octanol–water partition coefficient (Wildman–Crippen LogP) is 7.55. The third-order valence-electron chi connectivity index (χ3n) is 9.12. The van der Waals surface area contributed by atoms with E-state index in [1.165, 1.54) is 0 Å². The summed E-state index contributed by atoms with van der Waals surface area (Å²) in [5.74, 6) is 1.02. The predicted molar refractivity (Wildman–Crippen MR) is 181 cm³/mol. The van der Waals surface area contributed by atoms with Gasteiger partial charge < -0.3 is 19.2 Å². The van der Waals surface area contributed by atoms with E-state index < -0.39 is 25.4 Å². The zero-order valence-corrected chi connectivity index (χ0v) is 30.0. The maximum absolute atomic E-state index is 13.5. The number of carbonyl (C=O) groups is 1. The molecule has 0 unspecified atom stereocenters. The third-order valence-corrected chi connectivity index (χ3v) is 13.6. The number of aryl methyl sites for hydroxylation is 1. The molecule has 2 aliphatic rings. The van der Waals surface area contributed by atoms with E-state index in [1.807, 2.05) is 37.6 Å². The molecule has 0 radical (unpaired) electrons. The van der Waals surface area contributed by atoms with Gasteiger partial charge in [0.05, 0.1) is 23.1 Å². The van der Waals surface area contributed by atoms with E-state index in [4.69, 9.17) is 18.9 Å². The molecule has 2 aromatic heterocycles. The first-order valence-electron chi connectivity index (χ1n) is 15.8. The van der Waals surface area contributed by atoms with Crippen LogP contribution in [0.4, 0.5) is 22.1 Å². The van der Waals surface area contributed by atoms with Gasteiger partial charge in [-0.15, -0.1) is 0 Å². The summed E-state index contributed by atoms with van der Waals surface area (Å²) in [4.78, 5) is 24.4. The molecule has 11 nitrogen and oxygen atoms in total. The highest BCUT2D eigenvalue weighted by Gasteiger charge is 2.47. The number of rotatable bonds is 6. The van der Waals surface area contributed by atoms with Crippen molar-refractivity contribution in [2.24, 2.45) is 0 Å². The van der Waals surface area contributed by atoms with Crippen LogP contribution in [0.5, 0.6) is 5.88 Å². The van der Waals surface area contributed by atoms with Crippen LogP contribution in [0.3, 0.4) is 0 Å². The van der Waals surface area contributed by atoms with Gasteiger partial charge in [-0.2, -0.15) is 10.4 Å². The van der Waals surface area contributed by atoms with Gasteiger partial charge in [-0.25, -0.2) is 19.4 Å². The zero-order chi connectivity index (χ0) is 33.9. The molecular weight excluding hydrogens is 599 g/mol. The lowest BCUT2D eigenvalue weighted by molar-refractivity contribution is 0.0543. The van der Waals surface area contributed by atoms with Gasteiger partial charge in [-0.3, -0.25) is 4.90 Å². The number of nitrogens with one attached hydrogen (secondary N) is 1. The number of aromatic nitrogens is 4. The van der Waals surface area contributed by atoms with Crippen LogP contribution in [0.2, 0.25) is 18.1 Å². The van der Waals surface area contributed by atoms with E-state index in [0.29, 0.717) is 47.6 Å². The second-order valence-corrected chi connectivity index (χ2v) is 20.6. The number of amides is 1. The summed E-state index contributed by atoms with van der Waals surface area (Å²) in [6, 6.07) is 7.95. The number of hydrogen-bond acceptors (Lipinski definition) is 9. The highest BCUT2D eigenvalue weighted by molar-refractivity contribution is 6.74. The van der Waals surface area contributed by atoms with Gasteiger partial charge in [0, 0.05) is 43.3 Å². The summed E-state index contributed by atoms with van der Waals surface area (Å²) in [6.07, 6.45) is 3.77. The summed E-state index contributed by atoms with van der Waals surface area (Å²) >= 11 is 0. The van der Waals surface area contributed by atoms with Crippen LogP contribution in [0, 0.1) is 11.3 Å². The van der Waals surface area contributed by atoms with Gasteiger partial charge >= 0.3 is 6.09 Å². The lowest BCUT2D eigenvalue weighted by Crippen LogP contribution is -2.46. The van der Waals surface area contributed by atoms with Crippen LogP contribution >= 0.6 is 0 Å². The fourth-order valence-corrected chi connectivity index (χ4v) is 6.51. The monoisotopic (exact) mass is 645 g/mol. The Hall–Kier alpha value is -3.95. The molecule has 1 amide bonds. The topological polar surface area (TPSA) is 127 Å². The number of nitriles is 1. The molecule has 0 saturated carbocycles. The van der Waals surface area contributed by atoms with E-state index in [-0.39, 0.29) is 10.6 Å². The molecule has 5 rings (SSSR count). The number of nitrogens with zero attached hydrogens (tertiary/aromatic N) is 6. The average molecular weight is 646 g/mol. The first kappa shape index (κ1) is 33.4. The number of hydrogen-bond donors (Lipinski definition) is 1. The van der Waals surface area contributed by atoms with Gasteiger partial charge in [-0.05, 0) is 76.5 Å². The van der Waals surface area contributed by atoms with Gasteiger partial charge in [0.25, 0.3) is 0 Å². The van der Waals surface area contributed by atoms with Crippen molar-refractivity contribution in [1.82, 2.24) is 19.7 Å². The van der Waals surface area contributed by atoms with E-state index in [0.717, 1.165) is 24.1 Å². The Balaban J connectivity index is 1.54. The summed E-state index contributed by atoms with van der Waals surface area (Å²) in [7, 11) is -2.13. The van der Waals surface area contributed by atoms with Crippen LogP contribution < -0.4 is 15.0 Å². The smallest absolute Gasteiger partial charge is 0.414 e. The summed E-state index contributed by atoms with van der Waals surface area (Å²) in [5.41, 5.74) is 2.22. The molecule has 1 atom stereocenters. The van der Waals surface area contributed by atoms with Crippen molar-refractivity contribution in [1.29, 1.82) is 5.26 Å². The molecular formula is C34H47N7O4Si. The van der Waals surface area contributed by atoms with Crippen molar-refractivity contribution in [2.75, 3.05) is 23.4 Å². The largest absolute Gasteiger partial charge is 0.470 e. The van der Waals surface area contributed by atoms with Gasteiger partial charge in [0.15, 0.2) is 8.32 Å². The number of anilines is 3. The second-order valence-electron chi connectivity index (χ2n) is 15.8. The fraction of sp³-hybridized carbons (Fsp3) is 0.559. The molecule has 0 spiro atoms. The van der Waals surface area contributed by atoms with Crippen LogP contribution in [-0.2, 0) is 21.1 Å². The molecule has 0 fully saturated rings. The summed E-state index contributed by atoms with van der Waals surface area (Å²) in [6.45, 7) is 24.2. The summed E-state index contributed by atoms with van der Waals surface area (Å²) < 4.78 is 20.6. The molecule has 0 bridgehead atoms. The highest BCUT2D eigenvalue weighted by Crippen LogP contribution is 2.47. The Morgan fingerprint density at radius 3 is 2.54 bits per heavy atom. The van der Waals surface area contributed by atoms with Gasteiger partial charge in [-0.1, -0.05) is 27.7 Å². The lowest BCUT2D eigenvalue weighted by Gasteiger charge is -2.39. The van der Waals surface area contributed by atoms with Crippen molar-refractivity contribution in [2.45, 2.75) is 110 Å². The maximum atomic E-state index is 13.5. The molecule has 0 aliphatic carbocycles. The number of benzene rings is 1. The highest BCUT2D eigenvalue weighted by atomic mass is 28.4. The molecule has 3 aromatic rings. The van der Waals surface area contributed by atoms with Crippen LogP contribution in [0.1, 0.15) is 79.9 Å². The molecule has 246 valence electrons. The minimum Gasteiger partial charge on any atom is -0.470 e. The number of carbonyl (C=O) groups excluding carboxylic acids is 1. The molecule has 12 heteroatoms. The lowest BCUT2D eigenvalue weighted by atomic mass is 9.83. The average Bonchev–Trinajstić information content (AvgIpc) is 3.47. The minimum absolute atomic E-state index is 0.00937. The van der Waals surface area contributed by atoms with Crippen molar-refractivity contribution < 1.29 is 18.7 Å². The molecule has 1 N–H and O–H groups in total. The van der Waals surface area contributed by atoms with E-state index in [2.05, 4.69) is 76.1 Å². The maximum Gasteiger partial charge on any atom is 0.414 e. The Morgan fingerprint density at radius 1 is 1.17 bits per heavy atom. The Labute approximate surface area is 273 Å². The van der Waals surface area contributed by atoms with Crippen LogP contribution in [-0.4, -0.2) is 58.5 Å². The molecule has 0 saturated heterocycles. The van der Waals surface area contributed by atoms with Crippen LogP contribution in [0.15, 0.2) is 30.6 Å². The van der Waals surface area contributed by atoms with E-state index >= 15 is 0 Å². The van der Waals surface area contributed by atoms with Crippen LogP contribution in [0.25, 0.3) is 11.3 Å². The first-order chi connectivity index (χ1) is 21.2. The van der Waals surface area contributed by atoms with E-state index in [9.17, 15) is 10.1 Å². The van der Waals surface area contributed by atoms with Crippen molar-refractivity contribution in [3.63, 3.8) is 0 Å².